The number of carbonyl (C=O) groups excluding carboxylic acids is 1. The molecule has 0 aliphatic heterocycles. The van der Waals surface area contributed by atoms with Gasteiger partial charge in [-0.25, -0.2) is 4.79 Å². The second kappa shape index (κ2) is 12.9. The van der Waals surface area contributed by atoms with Crippen LogP contribution in [0.3, 0.4) is 0 Å². The average Bonchev–Trinajstić information content (AvgIpc) is 2.76. The van der Waals surface area contributed by atoms with Gasteiger partial charge in [0.1, 0.15) is 11.5 Å². The number of allylic oxidation sites excluding steroid dienone is 3. The van der Waals surface area contributed by atoms with Gasteiger partial charge < -0.3 is 19.3 Å². The molecule has 0 saturated heterocycles. The second-order valence-electron chi connectivity index (χ2n) is 10.2. The highest BCUT2D eigenvalue weighted by atomic mass is 16.8. The van der Waals surface area contributed by atoms with Crippen molar-refractivity contribution in [2.24, 2.45) is 5.92 Å². The van der Waals surface area contributed by atoms with Crippen molar-refractivity contribution in [3.63, 3.8) is 0 Å². The molecule has 2 rings (SSSR count). The van der Waals surface area contributed by atoms with Gasteiger partial charge in [0.05, 0.1) is 6.61 Å². The largest absolute Gasteiger partial charge is 0.511 e. The minimum absolute atomic E-state index is 0.0504. The molecule has 0 fully saturated rings. The molecule has 0 saturated carbocycles. The van der Waals surface area contributed by atoms with E-state index in [2.05, 4.69) is 40.3 Å². The SMILES string of the molecule is C=C(C)C1CCC(C)=CC1c1c(O)cc(C(C)(C)CCCCCC)cc1OCOC(=O)OCC. The monoisotopic (exact) mass is 472 g/mol. The zero-order valence-corrected chi connectivity index (χ0v) is 22.0. The van der Waals surface area contributed by atoms with Crippen molar-refractivity contribution in [1.29, 1.82) is 0 Å². The minimum atomic E-state index is -0.770. The first-order valence-electron chi connectivity index (χ1n) is 12.7. The zero-order chi connectivity index (χ0) is 25.3. The summed E-state index contributed by atoms with van der Waals surface area (Å²) in [7, 11) is 0. The quantitative estimate of drug-likeness (QED) is 0.144. The number of phenols is 1. The third-order valence-corrected chi connectivity index (χ3v) is 6.92. The van der Waals surface area contributed by atoms with E-state index in [0.29, 0.717) is 5.75 Å². The lowest BCUT2D eigenvalue weighted by molar-refractivity contribution is 0.00631. The van der Waals surface area contributed by atoms with Crippen molar-refractivity contribution >= 4 is 6.16 Å². The highest BCUT2D eigenvalue weighted by Gasteiger charge is 2.32. The molecule has 1 aliphatic carbocycles. The van der Waals surface area contributed by atoms with Crippen molar-refractivity contribution in [3.05, 3.63) is 47.1 Å². The Morgan fingerprint density at radius 2 is 1.91 bits per heavy atom. The summed E-state index contributed by atoms with van der Waals surface area (Å²) < 4.78 is 15.9. The van der Waals surface area contributed by atoms with E-state index in [9.17, 15) is 9.90 Å². The molecule has 0 radical (unpaired) electrons. The number of benzene rings is 1. The topological polar surface area (TPSA) is 65.0 Å². The average molecular weight is 473 g/mol. The van der Waals surface area contributed by atoms with E-state index < -0.39 is 6.16 Å². The second-order valence-corrected chi connectivity index (χ2v) is 10.2. The van der Waals surface area contributed by atoms with Crippen LogP contribution in [0.1, 0.15) is 104 Å². The van der Waals surface area contributed by atoms with E-state index in [-0.39, 0.29) is 36.4 Å². The maximum Gasteiger partial charge on any atom is 0.511 e. The molecule has 190 valence electrons. The summed E-state index contributed by atoms with van der Waals surface area (Å²) in [6.45, 7) is 16.7. The third-order valence-electron chi connectivity index (χ3n) is 6.92. The smallest absolute Gasteiger partial charge is 0.507 e. The van der Waals surface area contributed by atoms with Crippen LogP contribution in [0.4, 0.5) is 4.79 Å². The Bertz CT molecular complexity index is 868. The molecule has 0 heterocycles. The number of ether oxygens (including phenoxy) is 3. The molecule has 0 bridgehead atoms. The molecule has 1 aromatic rings. The standard InChI is InChI=1S/C29H44O5/c1-8-10-11-12-15-29(6,7)22-17-25(30)27(24-16-21(5)13-14-23(24)20(3)4)26(18-22)33-19-34-28(31)32-9-2/h16-18,23-24,30H,3,8-15,19H2,1-2,4-7H3. The van der Waals surface area contributed by atoms with Crippen LogP contribution in [-0.4, -0.2) is 24.7 Å². The molecule has 0 aromatic heterocycles. The van der Waals surface area contributed by atoms with Gasteiger partial charge >= 0.3 is 6.16 Å². The number of rotatable bonds is 12. The van der Waals surface area contributed by atoms with E-state index >= 15 is 0 Å². The highest BCUT2D eigenvalue weighted by molar-refractivity contribution is 5.59. The van der Waals surface area contributed by atoms with Gasteiger partial charge in [0.15, 0.2) is 0 Å². The highest BCUT2D eigenvalue weighted by Crippen LogP contribution is 2.48. The predicted octanol–water partition coefficient (Wildman–Crippen LogP) is 8.17. The molecule has 2 unspecified atom stereocenters. The predicted molar refractivity (Wildman–Crippen MR) is 138 cm³/mol. The molecule has 1 N–H and O–H groups in total. The van der Waals surface area contributed by atoms with E-state index in [1.165, 1.54) is 24.8 Å². The molecular formula is C29H44O5. The lowest BCUT2D eigenvalue weighted by Crippen LogP contribution is -2.21. The van der Waals surface area contributed by atoms with Crippen molar-refractivity contribution < 1.29 is 24.1 Å². The van der Waals surface area contributed by atoms with Crippen molar-refractivity contribution in [3.8, 4) is 11.5 Å². The number of unbranched alkanes of at least 4 members (excludes halogenated alkanes) is 3. The summed E-state index contributed by atoms with van der Waals surface area (Å²) in [5, 5.41) is 11.3. The first-order valence-corrected chi connectivity index (χ1v) is 12.7. The van der Waals surface area contributed by atoms with Crippen LogP contribution >= 0.6 is 0 Å². The summed E-state index contributed by atoms with van der Waals surface area (Å²) in [6.07, 6.45) is 9.22. The molecule has 1 aromatic carbocycles. The third kappa shape index (κ3) is 7.54. The zero-order valence-electron chi connectivity index (χ0n) is 22.0. The number of carbonyl (C=O) groups is 1. The van der Waals surface area contributed by atoms with E-state index in [1.54, 1.807) is 6.92 Å². The Morgan fingerprint density at radius 1 is 1.18 bits per heavy atom. The normalized spacial score (nSPS) is 18.2. The van der Waals surface area contributed by atoms with Crippen LogP contribution in [0.25, 0.3) is 0 Å². The molecule has 1 aliphatic rings. The van der Waals surface area contributed by atoms with E-state index in [1.807, 2.05) is 19.1 Å². The Morgan fingerprint density at radius 3 is 2.56 bits per heavy atom. The van der Waals surface area contributed by atoms with Crippen LogP contribution in [0, 0.1) is 5.92 Å². The molecule has 5 nitrogen and oxygen atoms in total. The van der Waals surface area contributed by atoms with Crippen LogP contribution in [0.5, 0.6) is 11.5 Å². The van der Waals surface area contributed by atoms with Crippen molar-refractivity contribution in [2.75, 3.05) is 13.4 Å². The summed E-state index contributed by atoms with van der Waals surface area (Å²) >= 11 is 0. The molecule has 2 atom stereocenters. The number of hydrogen-bond acceptors (Lipinski definition) is 5. The van der Waals surface area contributed by atoms with Crippen molar-refractivity contribution in [2.45, 2.75) is 97.8 Å². The summed E-state index contributed by atoms with van der Waals surface area (Å²) in [5.41, 5.74) is 3.98. The number of hydrogen-bond donors (Lipinski definition) is 1. The molecule has 5 heteroatoms. The fourth-order valence-electron chi connectivity index (χ4n) is 4.80. The Balaban J connectivity index is 2.44. The van der Waals surface area contributed by atoms with Crippen molar-refractivity contribution in [1.82, 2.24) is 0 Å². The Kier molecular flexibility index (Phi) is 10.5. The van der Waals surface area contributed by atoms with Gasteiger partial charge in [0.2, 0.25) is 6.79 Å². The Labute approximate surface area is 206 Å². The number of aromatic hydroxyl groups is 1. The van der Waals surface area contributed by atoms with Crippen LogP contribution in [0.15, 0.2) is 35.9 Å². The van der Waals surface area contributed by atoms with Crippen LogP contribution in [-0.2, 0) is 14.9 Å². The molecule has 0 spiro atoms. The summed E-state index contributed by atoms with van der Waals surface area (Å²) in [5.74, 6) is 0.914. The van der Waals surface area contributed by atoms with Gasteiger partial charge in [-0.05, 0) is 69.1 Å². The van der Waals surface area contributed by atoms with Gasteiger partial charge in [0, 0.05) is 11.5 Å². The van der Waals surface area contributed by atoms with Gasteiger partial charge in [-0.15, -0.1) is 0 Å². The first-order chi connectivity index (χ1) is 16.1. The van der Waals surface area contributed by atoms with E-state index in [0.717, 1.165) is 42.4 Å². The fourth-order valence-corrected chi connectivity index (χ4v) is 4.80. The van der Waals surface area contributed by atoms with Gasteiger partial charge in [-0.3, -0.25) is 0 Å². The Hall–Kier alpha value is -2.43. The van der Waals surface area contributed by atoms with Gasteiger partial charge in [-0.2, -0.15) is 0 Å². The summed E-state index contributed by atoms with van der Waals surface area (Å²) in [4.78, 5) is 11.7. The minimum Gasteiger partial charge on any atom is -0.507 e. The maximum absolute atomic E-state index is 11.7. The molecular weight excluding hydrogens is 428 g/mol. The molecule has 0 amide bonds. The van der Waals surface area contributed by atoms with Crippen LogP contribution in [0.2, 0.25) is 0 Å². The van der Waals surface area contributed by atoms with E-state index in [4.69, 9.17) is 14.2 Å². The lowest BCUT2D eigenvalue weighted by atomic mass is 9.72. The number of phenolic OH excluding ortho intramolecular Hbond substituents is 1. The van der Waals surface area contributed by atoms with Gasteiger partial charge in [0.25, 0.3) is 0 Å². The van der Waals surface area contributed by atoms with Crippen LogP contribution < -0.4 is 4.74 Å². The first kappa shape index (κ1) is 27.8. The summed E-state index contributed by atoms with van der Waals surface area (Å²) in [6, 6.07) is 3.90. The molecule has 34 heavy (non-hydrogen) atoms. The fraction of sp³-hybridized carbons (Fsp3) is 0.621. The maximum atomic E-state index is 11.7. The van der Waals surface area contributed by atoms with Gasteiger partial charge in [-0.1, -0.05) is 70.3 Å². The lowest BCUT2D eigenvalue weighted by Gasteiger charge is -2.33.